The lowest BCUT2D eigenvalue weighted by Crippen LogP contribution is -2.55. The zero-order valence-electron chi connectivity index (χ0n) is 16.9. The summed E-state index contributed by atoms with van der Waals surface area (Å²) < 4.78 is 10.9. The van der Waals surface area contributed by atoms with Crippen molar-refractivity contribution in [2.75, 3.05) is 59.2 Å². The summed E-state index contributed by atoms with van der Waals surface area (Å²) in [4.78, 5) is 18.8. The number of nitrogens with zero attached hydrogens (tertiary/aromatic N) is 3. The molecule has 3 heterocycles. The largest absolute Gasteiger partial charge is 0.454 e. The van der Waals surface area contributed by atoms with Crippen molar-refractivity contribution in [3.8, 4) is 11.5 Å². The topological polar surface area (TPSA) is 57.3 Å². The smallest absolute Gasteiger partial charge is 0.231 e. The van der Waals surface area contributed by atoms with Crippen molar-refractivity contribution in [3.05, 3.63) is 23.8 Å². The highest BCUT2D eigenvalue weighted by molar-refractivity contribution is 5.72. The van der Waals surface area contributed by atoms with Gasteiger partial charge < -0.3 is 19.7 Å². The summed E-state index contributed by atoms with van der Waals surface area (Å²) in [5.74, 6) is 1.79. The molecule has 1 unspecified atom stereocenters. The Morgan fingerprint density at radius 2 is 1.93 bits per heavy atom. The third-order valence-electron chi connectivity index (χ3n) is 6.05. The lowest BCUT2D eigenvalue weighted by Gasteiger charge is -2.43. The molecule has 0 saturated carbocycles. The molecule has 0 aromatic heterocycles. The predicted molar refractivity (Wildman–Crippen MR) is 108 cm³/mol. The molecular weight excluding hydrogens is 356 g/mol. The Morgan fingerprint density at radius 1 is 1.11 bits per heavy atom. The van der Waals surface area contributed by atoms with E-state index >= 15 is 0 Å². The van der Waals surface area contributed by atoms with Crippen molar-refractivity contribution >= 4 is 5.91 Å². The highest BCUT2D eigenvalue weighted by atomic mass is 16.7. The average Bonchev–Trinajstić information content (AvgIpc) is 3.16. The molecule has 2 saturated heterocycles. The van der Waals surface area contributed by atoms with Crippen LogP contribution in [0, 0.1) is 0 Å². The number of hydrogen-bond acceptors (Lipinski definition) is 6. The van der Waals surface area contributed by atoms with Gasteiger partial charge >= 0.3 is 0 Å². The minimum absolute atomic E-state index is 0.0622. The molecule has 1 atom stereocenters. The first kappa shape index (κ1) is 19.5. The summed E-state index contributed by atoms with van der Waals surface area (Å²) in [5, 5.41) is 2.91. The average molecular weight is 389 g/mol. The van der Waals surface area contributed by atoms with E-state index < -0.39 is 0 Å². The summed E-state index contributed by atoms with van der Waals surface area (Å²) >= 11 is 0. The monoisotopic (exact) mass is 388 g/mol. The van der Waals surface area contributed by atoms with Crippen LogP contribution in [-0.2, 0) is 11.3 Å². The summed E-state index contributed by atoms with van der Waals surface area (Å²) in [6.07, 6.45) is 2.54. The van der Waals surface area contributed by atoms with Crippen LogP contribution in [0.5, 0.6) is 11.5 Å². The number of ether oxygens (including phenoxy) is 2. The van der Waals surface area contributed by atoms with E-state index in [1.165, 1.54) is 18.4 Å². The fraction of sp³-hybridized carbons (Fsp3) is 0.667. The van der Waals surface area contributed by atoms with Crippen LogP contribution in [0.3, 0.4) is 0 Å². The van der Waals surface area contributed by atoms with E-state index in [9.17, 15) is 4.79 Å². The Labute approximate surface area is 167 Å². The molecule has 7 heteroatoms. The summed E-state index contributed by atoms with van der Waals surface area (Å²) in [5.41, 5.74) is 1.29. The van der Waals surface area contributed by atoms with Gasteiger partial charge in [-0.1, -0.05) is 6.07 Å². The maximum atomic E-state index is 11.1. The second kappa shape index (κ2) is 9.11. The van der Waals surface area contributed by atoms with Gasteiger partial charge in [0.1, 0.15) is 0 Å². The molecule has 1 N–H and O–H groups in total. The van der Waals surface area contributed by atoms with Crippen LogP contribution in [0.15, 0.2) is 18.2 Å². The van der Waals surface area contributed by atoms with E-state index in [-0.39, 0.29) is 5.91 Å². The van der Waals surface area contributed by atoms with Crippen molar-refractivity contribution in [1.29, 1.82) is 0 Å². The number of nitrogens with one attached hydrogen (secondary N) is 1. The van der Waals surface area contributed by atoms with E-state index in [0.29, 0.717) is 12.8 Å². The maximum Gasteiger partial charge on any atom is 0.231 e. The number of rotatable bonds is 6. The van der Waals surface area contributed by atoms with Crippen molar-refractivity contribution in [2.24, 2.45) is 0 Å². The molecule has 2 fully saturated rings. The molecule has 0 aliphatic carbocycles. The first-order chi connectivity index (χ1) is 13.7. The molecule has 154 valence electrons. The summed E-state index contributed by atoms with van der Waals surface area (Å²) in [6.45, 7) is 11.4. The van der Waals surface area contributed by atoms with E-state index in [2.05, 4.69) is 32.1 Å². The van der Waals surface area contributed by atoms with Gasteiger partial charge in [0.05, 0.1) is 0 Å². The minimum atomic E-state index is 0.0622. The van der Waals surface area contributed by atoms with Gasteiger partial charge in [0.2, 0.25) is 12.7 Å². The number of piperazine rings is 1. The van der Waals surface area contributed by atoms with Crippen LogP contribution in [-0.4, -0.2) is 85.8 Å². The van der Waals surface area contributed by atoms with Crippen LogP contribution in [0.4, 0.5) is 0 Å². The predicted octanol–water partition coefficient (Wildman–Crippen LogP) is 1.13. The number of hydrogen-bond donors (Lipinski definition) is 1. The third kappa shape index (κ3) is 4.96. The molecule has 1 aromatic carbocycles. The molecule has 28 heavy (non-hydrogen) atoms. The Balaban J connectivity index is 1.22. The van der Waals surface area contributed by atoms with Gasteiger partial charge in [-0.2, -0.15) is 0 Å². The second-order valence-electron chi connectivity index (χ2n) is 8.08. The lowest BCUT2D eigenvalue weighted by atomic mass is 10.0. The van der Waals surface area contributed by atoms with Crippen LogP contribution in [0.1, 0.15) is 25.3 Å². The third-order valence-corrected chi connectivity index (χ3v) is 6.05. The number of carbonyl (C=O) groups excluding carboxylic acids is 1. The number of piperidine rings is 1. The van der Waals surface area contributed by atoms with Crippen LogP contribution in [0.25, 0.3) is 0 Å². The van der Waals surface area contributed by atoms with E-state index in [1.54, 1.807) is 6.92 Å². The quantitative estimate of drug-likeness (QED) is 0.789. The number of benzene rings is 1. The molecule has 0 bridgehead atoms. The number of likely N-dealkylation sites (tertiary alicyclic amines) is 1. The van der Waals surface area contributed by atoms with E-state index in [0.717, 1.165) is 70.4 Å². The molecule has 1 amide bonds. The molecule has 3 aliphatic heterocycles. The molecule has 3 aliphatic rings. The maximum absolute atomic E-state index is 11.1. The van der Waals surface area contributed by atoms with Gasteiger partial charge in [-0.15, -0.1) is 0 Å². The highest BCUT2D eigenvalue weighted by Crippen LogP contribution is 2.33. The molecule has 1 aromatic rings. The van der Waals surface area contributed by atoms with Crippen molar-refractivity contribution in [1.82, 2.24) is 20.0 Å². The van der Waals surface area contributed by atoms with Gasteiger partial charge in [0.25, 0.3) is 0 Å². The van der Waals surface area contributed by atoms with Gasteiger partial charge in [-0.25, -0.2) is 0 Å². The van der Waals surface area contributed by atoms with Crippen LogP contribution < -0.4 is 14.8 Å². The highest BCUT2D eigenvalue weighted by Gasteiger charge is 2.28. The Kier molecular flexibility index (Phi) is 6.34. The minimum Gasteiger partial charge on any atom is -0.454 e. The molecule has 0 spiro atoms. The van der Waals surface area contributed by atoms with E-state index in [4.69, 9.17) is 9.47 Å². The number of carbonyl (C=O) groups is 1. The molecule has 7 nitrogen and oxygen atoms in total. The summed E-state index contributed by atoms with van der Waals surface area (Å²) in [6, 6.07) is 6.93. The van der Waals surface area contributed by atoms with Gasteiger partial charge in [-0.05, 0) is 37.1 Å². The van der Waals surface area contributed by atoms with Gasteiger partial charge in [0.15, 0.2) is 11.5 Å². The summed E-state index contributed by atoms with van der Waals surface area (Å²) in [7, 11) is 0. The molecule has 0 radical (unpaired) electrons. The molecule has 4 rings (SSSR count). The van der Waals surface area contributed by atoms with Crippen LogP contribution >= 0.6 is 0 Å². The zero-order valence-corrected chi connectivity index (χ0v) is 16.9. The van der Waals surface area contributed by atoms with Crippen molar-refractivity contribution in [3.63, 3.8) is 0 Å². The fourth-order valence-electron chi connectivity index (χ4n) is 4.51. The number of amides is 1. The lowest BCUT2D eigenvalue weighted by molar-refractivity contribution is -0.119. The Bertz CT molecular complexity index is 676. The normalized spacial score (nSPS) is 23.7. The standard InChI is InChI=1S/C21H32N4O3/c1-17(26)22-6-8-23-7-2-3-19(15-23)25-11-9-24(10-12-25)14-18-4-5-20-21(13-18)28-16-27-20/h4-5,13,19H,2-3,6-12,14-16H2,1H3,(H,22,26). The van der Waals surface area contributed by atoms with Crippen molar-refractivity contribution in [2.45, 2.75) is 32.4 Å². The van der Waals surface area contributed by atoms with Crippen molar-refractivity contribution < 1.29 is 14.3 Å². The fourth-order valence-corrected chi connectivity index (χ4v) is 4.51. The second-order valence-corrected chi connectivity index (χ2v) is 8.08. The molecular formula is C21H32N4O3. The SMILES string of the molecule is CC(=O)NCCN1CCCC(N2CCN(Cc3ccc4c(c3)OCO4)CC2)C1. The zero-order chi connectivity index (χ0) is 19.3. The number of fused-ring (bicyclic) bond motifs is 1. The first-order valence-corrected chi connectivity index (χ1v) is 10.5. The Morgan fingerprint density at radius 3 is 2.75 bits per heavy atom. The Hall–Kier alpha value is -1.83. The first-order valence-electron chi connectivity index (χ1n) is 10.5. The van der Waals surface area contributed by atoms with E-state index in [1.807, 2.05) is 6.07 Å². The van der Waals surface area contributed by atoms with Gasteiger partial charge in [-0.3, -0.25) is 14.6 Å². The van der Waals surface area contributed by atoms with Crippen LogP contribution in [0.2, 0.25) is 0 Å². The van der Waals surface area contributed by atoms with Gasteiger partial charge in [0, 0.05) is 65.3 Å².